The van der Waals surface area contributed by atoms with E-state index >= 15 is 0 Å². The lowest BCUT2D eigenvalue weighted by Gasteiger charge is -2.33. The van der Waals surface area contributed by atoms with Crippen molar-refractivity contribution < 1.29 is 23.8 Å². The van der Waals surface area contributed by atoms with Crippen LogP contribution in [-0.4, -0.2) is 37.8 Å². The van der Waals surface area contributed by atoms with Crippen molar-refractivity contribution in [3.05, 3.63) is 48.0 Å². The van der Waals surface area contributed by atoms with E-state index in [2.05, 4.69) is 5.32 Å². The van der Waals surface area contributed by atoms with Crippen molar-refractivity contribution in [3.63, 3.8) is 0 Å². The number of nitrogens with one attached hydrogen (secondary N) is 1. The zero-order valence-corrected chi connectivity index (χ0v) is 14.9. The highest BCUT2D eigenvalue weighted by atomic mass is 16.7. The number of anilines is 1. The Morgan fingerprint density at radius 2 is 1.93 bits per heavy atom. The maximum atomic E-state index is 12.5. The van der Waals surface area contributed by atoms with Crippen molar-refractivity contribution in [1.29, 1.82) is 0 Å². The van der Waals surface area contributed by atoms with Crippen LogP contribution in [0.3, 0.4) is 0 Å². The molecule has 7 heteroatoms. The molecule has 1 atom stereocenters. The van der Waals surface area contributed by atoms with Gasteiger partial charge in [-0.15, -0.1) is 0 Å². The van der Waals surface area contributed by atoms with Gasteiger partial charge in [0, 0.05) is 13.5 Å². The molecule has 1 N–H and O–H groups in total. The summed E-state index contributed by atoms with van der Waals surface area (Å²) in [5.74, 6) is 1.64. The first-order valence-electron chi connectivity index (χ1n) is 8.82. The maximum absolute atomic E-state index is 12.5. The number of carbonyl (C=O) groups is 2. The third-order valence-corrected chi connectivity index (χ3v) is 4.60. The Hall–Kier alpha value is -3.22. The Bertz CT molecular complexity index is 882. The largest absolute Gasteiger partial charge is 0.477 e. The number of hydrogen-bond acceptors (Lipinski definition) is 5. The highest BCUT2D eigenvalue weighted by Gasteiger charge is 2.32. The van der Waals surface area contributed by atoms with Crippen LogP contribution in [0, 0.1) is 0 Å². The number of ether oxygens (including phenoxy) is 3. The lowest BCUT2D eigenvalue weighted by molar-refractivity contribution is -0.128. The van der Waals surface area contributed by atoms with E-state index in [1.807, 2.05) is 36.4 Å². The summed E-state index contributed by atoms with van der Waals surface area (Å²) in [6.45, 7) is 2.38. The number of para-hydroxylation sites is 2. The lowest BCUT2D eigenvalue weighted by atomic mass is 10.1. The van der Waals surface area contributed by atoms with Crippen LogP contribution in [0.25, 0.3) is 0 Å². The van der Waals surface area contributed by atoms with Gasteiger partial charge >= 0.3 is 0 Å². The van der Waals surface area contributed by atoms with Crippen molar-refractivity contribution in [2.45, 2.75) is 19.4 Å². The van der Waals surface area contributed by atoms with Gasteiger partial charge in [0.1, 0.15) is 5.75 Å². The Morgan fingerprint density at radius 3 is 2.78 bits per heavy atom. The number of amides is 2. The lowest BCUT2D eigenvalue weighted by Crippen LogP contribution is -2.50. The third kappa shape index (κ3) is 3.53. The number of carbonyl (C=O) groups excluding carboxylic acids is 2. The first-order valence-corrected chi connectivity index (χ1v) is 8.82. The Labute approximate surface area is 156 Å². The van der Waals surface area contributed by atoms with E-state index in [-0.39, 0.29) is 25.2 Å². The smallest absolute Gasteiger partial charge is 0.262 e. The second-order valence-corrected chi connectivity index (χ2v) is 6.43. The van der Waals surface area contributed by atoms with Crippen LogP contribution in [0.5, 0.6) is 17.2 Å². The van der Waals surface area contributed by atoms with Crippen molar-refractivity contribution in [2.75, 3.05) is 24.8 Å². The van der Waals surface area contributed by atoms with E-state index < -0.39 is 6.10 Å². The molecule has 140 valence electrons. The second kappa shape index (κ2) is 7.19. The molecule has 0 saturated carbocycles. The van der Waals surface area contributed by atoms with Gasteiger partial charge in [-0.25, -0.2) is 0 Å². The molecule has 7 nitrogen and oxygen atoms in total. The van der Waals surface area contributed by atoms with Crippen molar-refractivity contribution in [3.8, 4) is 17.2 Å². The molecule has 1 unspecified atom stereocenters. The quantitative estimate of drug-likeness (QED) is 0.892. The second-order valence-electron chi connectivity index (χ2n) is 6.43. The fraction of sp³-hybridized carbons (Fsp3) is 0.300. The molecule has 2 heterocycles. The van der Waals surface area contributed by atoms with E-state index in [0.29, 0.717) is 24.4 Å². The predicted molar refractivity (Wildman–Crippen MR) is 98.2 cm³/mol. The minimum atomic E-state index is -0.736. The summed E-state index contributed by atoms with van der Waals surface area (Å²) in [5.41, 5.74) is 1.73. The Morgan fingerprint density at radius 1 is 1.11 bits per heavy atom. The maximum Gasteiger partial charge on any atom is 0.262 e. The van der Waals surface area contributed by atoms with E-state index in [1.165, 1.54) is 6.92 Å². The van der Waals surface area contributed by atoms with Gasteiger partial charge in [0.25, 0.3) is 5.91 Å². The van der Waals surface area contributed by atoms with Crippen LogP contribution in [0.1, 0.15) is 12.5 Å². The van der Waals surface area contributed by atoms with Gasteiger partial charge in [0.15, 0.2) is 17.6 Å². The highest BCUT2D eigenvalue weighted by molar-refractivity contribution is 5.95. The minimum absolute atomic E-state index is 0.121. The summed E-state index contributed by atoms with van der Waals surface area (Å²) < 4.78 is 16.4. The van der Waals surface area contributed by atoms with Gasteiger partial charge in [-0.05, 0) is 36.2 Å². The van der Waals surface area contributed by atoms with Crippen molar-refractivity contribution in [2.24, 2.45) is 0 Å². The average Bonchev–Trinajstić information content (AvgIpc) is 3.14. The summed E-state index contributed by atoms with van der Waals surface area (Å²) in [7, 11) is 0. The molecule has 0 spiro atoms. The van der Waals surface area contributed by atoms with Crippen molar-refractivity contribution >= 4 is 17.5 Å². The number of rotatable bonds is 4. The zero-order valence-electron chi connectivity index (χ0n) is 14.9. The minimum Gasteiger partial charge on any atom is -0.477 e. The molecule has 0 bridgehead atoms. The summed E-state index contributed by atoms with van der Waals surface area (Å²) in [6.07, 6.45) is -0.0807. The molecule has 2 aliphatic heterocycles. The van der Waals surface area contributed by atoms with Gasteiger partial charge < -0.3 is 24.4 Å². The highest BCUT2D eigenvalue weighted by Crippen LogP contribution is 2.33. The molecular weight excluding hydrogens is 348 g/mol. The average molecular weight is 368 g/mol. The summed E-state index contributed by atoms with van der Waals surface area (Å²) in [6, 6.07) is 13.0. The van der Waals surface area contributed by atoms with Crippen LogP contribution < -0.4 is 24.4 Å². The fourth-order valence-electron chi connectivity index (χ4n) is 3.21. The topological polar surface area (TPSA) is 77.1 Å². The van der Waals surface area contributed by atoms with Gasteiger partial charge in [-0.3, -0.25) is 9.59 Å². The molecule has 0 aromatic heterocycles. The van der Waals surface area contributed by atoms with E-state index in [0.717, 1.165) is 17.1 Å². The molecule has 0 saturated heterocycles. The monoisotopic (exact) mass is 368 g/mol. The SMILES string of the molecule is CC(=O)N1CC(C(=O)NCCc2ccc3c(c2)OCO3)Oc2ccccc21. The first-order chi connectivity index (χ1) is 13.1. The normalized spacial score (nSPS) is 17.1. The number of fused-ring (bicyclic) bond motifs is 2. The van der Waals surface area contributed by atoms with Gasteiger partial charge in [0.05, 0.1) is 12.2 Å². The van der Waals surface area contributed by atoms with Gasteiger partial charge in [-0.1, -0.05) is 18.2 Å². The molecular formula is C20H20N2O5. The third-order valence-electron chi connectivity index (χ3n) is 4.60. The predicted octanol–water partition coefficient (Wildman–Crippen LogP) is 1.89. The molecule has 27 heavy (non-hydrogen) atoms. The van der Waals surface area contributed by atoms with Crippen molar-refractivity contribution in [1.82, 2.24) is 5.32 Å². The number of nitrogens with zero attached hydrogens (tertiary/aromatic N) is 1. The summed E-state index contributed by atoms with van der Waals surface area (Å²) in [5, 5.41) is 2.88. The standard InChI is InChI=1S/C20H20N2O5/c1-13(23)22-11-19(27-16-5-3-2-4-15(16)22)20(24)21-9-8-14-6-7-17-18(10-14)26-12-25-17/h2-7,10,19H,8-9,11-12H2,1H3,(H,21,24). The number of hydrogen-bond donors (Lipinski definition) is 1. The Kier molecular flexibility index (Phi) is 4.58. The fourth-order valence-corrected chi connectivity index (χ4v) is 3.21. The van der Waals surface area contributed by atoms with Gasteiger partial charge in [0.2, 0.25) is 12.7 Å². The van der Waals surface area contributed by atoms with Gasteiger partial charge in [-0.2, -0.15) is 0 Å². The van der Waals surface area contributed by atoms with E-state index in [9.17, 15) is 9.59 Å². The number of benzene rings is 2. The molecule has 4 rings (SSSR count). The summed E-state index contributed by atoms with van der Waals surface area (Å²) in [4.78, 5) is 26.0. The van der Waals surface area contributed by atoms with Crippen LogP contribution in [0.15, 0.2) is 42.5 Å². The Balaban J connectivity index is 1.36. The zero-order chi connectivity index (χ0) is 18.8. The van der Waals surface area contributed by atoms with E-state index in [1.54, 1.807) is 11.0 Å². The summed E-state index contributed by atoms with van der Waals surface area (Å²) >= 11 is 0. The van der Waals surface area contributed by atoms with Crippen LogP contribution in [-0.2, 0) is 16.0 Å². The molecule has 2 aliphatic rings. The van der Waals surface area contributed by atoms with Crippen LogP contribution in [0.4, 0.5) is 5.69 Å². The molecule has 0 radical (unpaired) electrons. The van der Waals surface area contributed by atoms with Crippen LogP contribution >= 0.6 is 0 Å². The molecule has 2 amide bonds. The molecule has 0 aliphatic carbocycles. The molecule has 2 aromatic rings. The first kappa shape index (κ1) is 17.2. The van der Waals surface area contributed by atoms with E-state index in [4.69, 9.17) is 14.2 Å². The van der Waals surface area contributed by atoms with Crippen LogP contribution in [0.2, 0.25) is 0 Å². The molecule has 0 fully saturated rings. The molecule has 2 aromatic carbocycles.